The van der Waals surface area contributed by atoms with Gasteiger partial charge in [-0.3, -0.25) is 14.8 Å². The van der Waals surface area contributed by atoms with E-state index in [9.17, 15) is 4.79 Å². The highest BCUT2D eigenvalue weighted by molar-refractivity contribution is 6.05. The van der Waals surface area contributed by atoms with Gasteiger partial charge in [-0.15, -0.1) is 0 Å². The highest BCUT2D eigenvalue weighted by atomic mass is 16.5. The third-order valence-electron chi connectivity index (χ3n) is 5.81. The molecule has 0 spiro atoms. The van der Waals surface area contributed by atoms with Crippen molar-refractivity contribution in [2.45, 2.75) is 24.9 Å². The van der Waals surface area contributed by atoms with Crippen LogP contribution in [0.2, 0.25) is 0 Å². The standard InChI is InChI=1S/C17H20N4O2/c1-23-12-2-3-14-13(7-12)16(19-18-14)17(22)21-11-6-10-4-5-20(8-11)9-15(10)21/h2-3,7,10-11,15H,4-6,8-9H2,1H3,(H,18,19). The van der Waals surface area contributed by atoms with Crippen molar-refractivity contribution in [2.24, 2.45) is 5.92 Å². The van der Waals surface area contributed by atoms with Crippen LogP contribution in [0.15, 0.2) is 18.2 Å². The number of rotatable bonds is 2. The summed E-state index contributed by atoms with van der Waals surface area (Å²) in [5.74, 6) is 1.49. The van der Waals surface area contributed by atoms with Gasteiger partial charge in [0.2, 0.25) is 0 Å². The van der Waals surface area contributed by atoms with Gasteiger partial charge in [0, 0.05) is 30.6 Å². The minimum absolute atomic E-state index is 0.0727. The van der Waals surface area contributed by atoms with Gasteiger partial charge in [-0.1, -0.05) is 0 Å². The van der Waals surface area contributed by atoms with E-state index in [1.165, 1.54) is 13.0 Å². The third kappa shape index (κ3) is 1.84. The predicted octanol–water partition coefficient (Wildman–Crippen LogP) is 1.49. The quantitative estimate of drug-likeness (QED) is 0.913. The first kappa shape index (κ1) is 13.4. The number of benzene rings is 1. The molecule has 0 saturated carbocycles. The second-order valence-corrected chi connectivity index (χ2v) is 6.96. The molecule has 3 aliphatic heterocycles. The van der Waals surface area contributed by atoms with E-state index in [-0.39, 0.29) is 5.91 Å². The third-order valence-corrected chi connectivity index (χ3v) is 5.81. The smallest absolute Gasteiger partial charge is 0.275 e. The Morgan fingerprint density at radius 2 is 2.30 bits per heavy atom. The van der Waals surface area contributed by atoms with Gasteiger partial charge in [0.15, 0.2) is 5.69 Å². The van der Waals surface area contributed by atoms with Crippen LogP contribution in [0.3, 0.4) is 0 Å². The maximum absolute atomic E-state index is 13.2. The number of carbonyl (C=O) groups is 1. The van der Waals surface area contributed by atoms with E-state index >= 15 is 0 Å². The van der Waals surface area contributed by atoms with Crippen molar-refractivity contribution in [1.82, 2.24) is 20.0 Å². The molecule has 4 heterocycles. The van der Waals surface area contributed by atoms with Crippen LogP contribution in [0, 0.1) is 5.92 Å². The van der Waals surface area contributed by atoms with Crippen LogP contribution < -0.4 is 4.74 Å². The van der Waals surface area contributed by atoms with E-state index in [4.69, 9.17) is 4.74 Å². The fourth-order valence-electron chi connectivity index (χ4n) is 4.72. The molecule has 1 aromatic carbocycles. The number of methoxy groups -OCH3 is 1. The molecule has 6 nitrogen and oxygen atoms in total. The Balaban J connectivity index is 1.54. The van der Waals surface area contributed by atoms with Crippen molar-refractivity contribution in [3.05, 3.63) is 23.9 Å². The number of H-pyrrole nitrogens is 1. The fourth-order valence-corrected chi connectivity index (χ4v) is 4.72. The lowest BCUT2D eigenvalue weighted by molar-refractivity contribution is 0.0258. The number of nitrogens with zero attached hydrogens (tertiary/aromatic N) is 3. The monoisotopic (exact) mass is 312 g/mol. The molecule has 4 unspecified atom stereocenters. The molecular weight excluding hydrogens is 292 g/mol. The van der Waals surface area contributed by atoms with Gasteiger partial charge in [-0.25, -0.2) is 0 Å². The number of ether oxygens (including phenoxy) is 1. The van der Waals surface area contributed by atoms with Crippen molar-refractivity contribution in [3.8, 4) is 5.75 Å². The number of hydrogen-bond donors (Lipinski definition) is 1. The van der Waals surface area contributed by atoms with Gasteiger partial charge in [0.1, 0.15) is 5.75 Å². The molecule has 0 aliphatic carbocycles. The minimum Gasteiger partial charge on any atom is -0.497 e. The summed E-state index contributed by atoms with van der Waals surface area (Å²) < 4.78 is 5.29. The van der Waals surface area contributed by atoms with Gasteiger partial charge in [-0.2, -0.15) is 5.10 Å². The lowest BCUT2D eigenvalue weighted by Gasteiger charge is -2.44. The summed E-state index contributed by atoms with van der Waals surface area (Å²) in [6.45, 7) is 3.24. The molecule has 3 bridgehead atoms. The predicted molar refractivity (Wildman–Crippen MR) is 85.6 cm³/mol. The van der Waals surface area contributed by atoms with E-state index in [0.717, 1.165) is 36.2 Å². The average Bonchev–Trinajstić information content (AvgIpc) is 3.02. The summed E-state index contributed by atoms with van der Waals surface area (Å²) in [6, 6.07) is 6.41. The summed E-state index contributed by atoms with van der Waals surface area (Å²) in [4.78, 5) is 17.8. The first-order valence-electron chi connectivity index (χ1n) is 8.32. The van der Waals surface area contributed by atoms with Crippen molar-refractivity contribution in [1.29, 1.82) is 0 Å². The Kier molecular flexibility index (Phi) is 2.74. The number of piperidine rings is 1. The lowest BCUT2D eigenvalue weighted by Crippen LogP contribution is -2.58. The SMILES string of the molecule is COc1ccc2[nH]nc(C(=O)N3C4CC5CCN(C4)CC53)c2c1. The largest absolute Gasteiger partial charge is 0.497 e. The molecule has 1 N–H and O–H groups in total. The van der Waals surface area contributed by atoms with Crippen molar-refractivity contribution >= 4 is 16.8 Å². The first-order chi connectivity index (χ1) is 11.2. The summed E-state index contributed by atoms with van der Waals surface area (Å²) in [6.07, 6.45) is 2.37. The first-order valence-corrected chi connectivity index (χ1v) is 8.32. The Morgan fingerprint density at radius 1 is 1.39 bits per heavy atom. The van der Waals surface area contributed by atoms with Gasteiger partial charge in [0.05, 0.1) is 12.6 Å². The molecule has 120 valence electrons. The molecule has 3 aliphatic rings. The van der Waals surface area contributed by atoms with E-state index in [1.807, 2.05) is 18.2 Å². The summed E-state index contributed by atoms with van der Waals surface area (Å²) in [5, 5.41) is 8.15. The van der Waals surface area contributed by atoms with Crippen LogP contribution in [0.25, 0.3) is 10.9 Å². The molecule has 2 aromatic rings. The van der Waals surface area contributed by atoms with Crippen molar-refractivity contribution in [2.75, 3.05) is 26.7 Å². The average molecular weight is 312 g/mol. The van der Waals surface area contributed by atoms with Gasteiger partial charge < -0.3 is 9.64 Å². The molecule has 23 heavy (non-hydrogen) atoms. The molecule has 0 radical (unpaired) electrons. The zero-order valence-corrected chi connectivity index (χ0v) is 13.2. The molecule has 1 amide bonds. The molecule has 3 saturated heterocycles. The number of aromatic nitrogens is 2. The Labute approximate surface area is 134 Å². The van der Waals surface area contributed by atoms with Crippen LogP contribution in [0.4, 0.5) is 0 Å². The van der Waals surface area contributed by atoms with E-state index < -0.39 is 0 Å². The molecule has 3 fully saturated rings. The summed E-state index contributed by atoms with van der Waals surface area (Å²) in [5.41, 5.74) is 1.41. The number of hydrogen-bond acceptors (Lipinski definition) is 4. The molecular formula is C17H20N4O2. The number of piperazine rings is 1. The van der Waals surface area contributed by atoms with Crippen LogP contribution in [-0.2, 0) is 0 Å². The summed E-state index contributed by atoms with van der Waals surface area (Å²) >= 11 is 0. The Bertz CT molecular complexity index is 782. The number of amides is 1. The fraction of sp³-hybridized carbons (Fsp3) is 0.529. The van der Waals surface area contributed by atoms with Crippen LogP contribution in [-0.4, -0.2) is 64.7 Å². The highest BCUT2D eigenvalue weighted by Gasteiger charge is 2.51. The number of aromatic amines is 1. The molecule has 4 atom stereocenters. The minimum atomic E-state index is 0.0727. The van der Waals surface area contributed by atoms with Gasteiger partial charge in [0.25, 0.3) is 5.91 Å². The number of fused-ring (bicyclic) bond motifs is 3. The number of carbonyl (C=O) groups excluding carboxylic acids is 1. The van der Waals surface area contributed by atoms with E-state index in [2.05, 4.69) is 20.0 Å². The topological polar surface area (TPSA) is 61.5 Å². The van der Waals surface area contributed by atoms with E-state index in [0.29, 0.717) is 23.7 Å². The molecule has 1 aromatic heterocycles. The zero-order chi connectivity index (χ0) is 15.6. The summed E-state index contributed by atoms with van der Waals surface area (Å²) in [7, 11) is 1.64. The highest BCUT2D eigenvalue weighted by Crippen LogP contribution is 2.41. The second-order valence-electron chi connectivity index (χ2n) is 6.96. The zero-order valence-electron chi connectivity index (χ0n) is 13.2. The van der Waals surface area contributed by atoms with Gasteiger partial charge >= 0.3 is 0 Å². The van der Waals surface area contributed by atoms with Crippen LogP contribution in [0.1, 0.15) is 23.3 Å². The van der Waals surface area contributed by atoms with Crippen LogP contribution in [0.5, 0.6) is 5.75 Å². The van der Waals surface area contributed by atoms with Crippen molar-refractivity contribution in [3.63, 3.8) is 0 Å². The van der Waals surface area contributed by atoms with E-state index in [1.54, 1.807) is 7.11 Å². The molecule has 6 heteroatoms. The second kappa shape index (κ2) is 4.71. The molecule has 5 rings (SSSR count). The lowest BCUT2D eigenvalue weighted by atomic mass is 9.93. The maximum Gasteiger partial charge on any atom is 0.275 e. The maximum atomic E-state index is 13.2. The van der Waals surface area contributed by atoms with Crippen molar-refractivity contribution < 1.29 is 9.53 Å². The normalized spacial score (nSPS) is 31.8. The Hall–Kier alpha value is -2.08. The van der Waals surface area contributed by atoms with Crippen LogP contribution >= 0.6 is 0 Å². The van der Waals surface area contributed by atoms with Gasteiger partial charge in [-0.05, 0) is 43.5 Å². The Morgan fingerprint density at radius 3 is 3.17 bits per heavy atom. The number of nitrogens with one attached hydrogen (secondary N) is 1.